The Bertz CT molecular complexity index is 1620. The number of hydrogen-bond acceptors (Lipinski definition) is 7. The second-order valence-electron chi connectivity index (χ2n) is 7.88. The van der Waals surface area contributed by atoms with Crippen molar-refractivity contribution in [3.05, 3.63) is 87.9 Å². The summed E-state index contributed by atoms with van der Waals surface area (Å²) in [6, 6.07) is 8.47. The molecule has 0 bridgehead atoms. The highest BCUT2D eigenvalue weighted by molar-refractivity contribution is 14.1. The van der Waals surface area contributed by atoms with Gasteiger partial charge in [-0.1, -0.05) is 29.4 Å². The van der Waals surface area contributed by atoms with E-state index in [1.807, 2.05) is 6.07 Å². The fourth-order valence-electron chi connectivity index (χ4n) is 3.98. The van der Waals surface area contributed by atoms with Gasteiger partial charge < -0.3 is 14.2 Å². The molecule has 0 saturated carbocycles. The van der Waals surface area contributed by atoms with Crippen LogP contribution in [0.3, 0.4) is 0 Å². The van der Waals surface area contributed by atoms with E-state index < -0.39 is 17.8 Å². The Morgan fingerprint density at radius 3 is 2.70 bits per heavy atom. The van der Waals surface area contributed by atoms with Gasteiger partial charge >= 0.3 is 5.97 Å². The zero-order valence-electron chi connectivity index (χ0n) is 20.2. The predicted octanol–water partition coefficient (Wildman–Crippen LogP) is 3.56. The third-order valence-corrected chi connectivity index (χ3v) is 7.34. The molecule has 2 aromatic carbocycles. The van der Waals surface area contributed by atoms with Gasteiger partial charge in [0.15, 0.2) is 16.3 Å². The molecule has 0 N–H and O–H groups in total. The minimum absolute atomic E-state index is 0.0931. The van der Waals surface area contributed by atoms with Crippen molar-refractivity contribution >= 4 is 46.0 Å². The van der Waals surface area contributed by atoms with Crippen LogP contribution in [0.1, 0.15) is 31.0 Å². The van der Waals surface area contributed by atoms with E-state index in [1.54, 1.807) is 38.1 Å². The summed E-state index contributed by atoms with van der Waals surface area (Å²) in [5, 5.41) is 0. The van der Waals surface area contributed by atoms with Crippen LogP contribution in [0, 0.1) is 21.7 Å². The third kappa shape index (κ3) is 5.33. The van der Waals surface area contributed by atoms with E-state index in [0.717, 1.165) is 3.57 Å². The van der Waals surface area contributed by atoms with Gasteiger partial charge in [-0.25, -0.2) is 14.2 Å². The van der Waals surface area contributed by atoms with Crippen LogP contribution in [0.15, 0.2) is 57.5 Å². The van der Waals surface area contributed by atoms with Gasteiger partial charge in [0.05, 0.1) is 39.1 Å². The molecular weight excluding hydrogens is 610 g/mol. The minimum Gasteiger partial charge on any atom is -0.493 e. The number of nitrogens with zero attached hydrogens (tertiary/aromatic N) is 2. The number of carbonyl (C=O) groups is 1. The van der Waals surface area contributed by atoms with Crippen LogP contribution in [0.25, 0.3) is 6.08 Å². The Labute approximate surface area is 230 Å². The van der Waals surface area contributed by atoms with E-state index in [0.29, 0.717) is 37.7 Å². The first-order valence-corrected chi connectivity index (χ1v) is 13.1. The maximum absolute atomic E-state index is 13.7. The molecule has 1 aromatic heterocycles. The first kappa shape index (κ1) is 26.6. The summed E-state index contributed by atoms with van der Waals surface area (Å²) in [5.41, 5.74) is 1.61. The number of ether oxygens (including phenoxy) is 3. The molecule has 4 rings (SSSR count). The number of hydrogen-bond donors (Lipinski definition) is 0. The van der Waals surface area contributed by atoms with Gasteiger partial charge in [-0.2, -0.15) is 0 Å². The lowest BCUT2D eigenvalue weighted by atomic mass is 9.96. The van der Waals surface area contributed by atoms with Crippen LogP contribution in [0.5, 0.6) is 11.5 Å². The predicted molar refractivity (Wildman–Crippen MR) is 147 cm³/mol. The van der Waals surface area contributed by atoms with Gasteiger partial charge in [0, 0.05) is 0 Å². The molecule has 1 aliphatic heterocycles. The monoisotopic (exact) mass is 632 g/mol. The first-order valence-electron chi connectivity index (χ1n) is 11.2. The summed E-state index contributed by atoms with van der Waals surface area (Å²) >= 11 is 3.31. The van der Waals surface area contributed by atoms with E-state index in [1.165, 1.54) is 35.1 Å². The number of aromatic nitrogens is 1. The number of esters is 1. The van der Waals surface area contributed by atoms with Gasteiger partial charge in [-0.3, -0.25) is 9.36 Å². The lowest BCUT2D eigenvalue weighted by Gasteiger charge is -2.24. The summed E-state index contributed by atoms with van der Waals surface area (Å²) in [5.74, 6) is 2.43. The number of benzene rings is 2. The molecule has 0 radical (unpaired) electrons. The summed E-state index contributed by atoms with van der Waals surface area (Å²) in [6.45, 7) is 3.66. The molecule has 190 valence electrons. The second kappa shape index (κ2) is 11.3. The van der Waals surface area contributed by atoms with Crippen molar-refractivity contribution in [3.8, 4) is 23.8 Å². The molecule has 1 aliphatic rings. The van der Waals surface area contributed by atoms with Crippen LogP contribution >= 0.6 is 33.9 Å². The normalized spacial score (nSPS) is 15.0. The highest BCUT2D eigenvalue weighted by atomic mass is 127. The van der Waals surface area contributed by atoms with E-state index in [2.05, 4.69) is 33.5 Å². The van der Waals surface area contributed by atoms with E-state index >= 15 is 0 Å². The van der Waals surface area contributed by atoms with Crippen molar-refractivity contribution in [2.24, 2.45) is 4.99 Å². The van der Waals surface area contributed by atoms with Crippen molar-refractivity contribution in [3.63, 3.8) is 0 Å². The summed E-state index contributed by atoms with van der Waals surface area (Å²) in [7, 11) is 1.52. The number of fused-ring (bicyclic) bond motifs is 1. The Morgan fingerprint density at radius 1 is 1.32 bits per heavy atom. The third-order valence-electron chi connectivity index (χ3n) is 5.55. The number of terminal acetylenes is 1. The van der Waals surface area contributed by atoms with Crippen molar-refractivity contribution in [2.45, 2.75) is 19.9 Å². The maximum Gasteiger partial charge on any atom is 0.338 e. The van der Waals surface area contributed by atoms with Gasteiger partial charge in [-0.05, 0) is 77.9 Å². The summed E-state index contributed by atoms with van der Waals surface area (Å²) in [6.07, 6.45) is 7.04. The molecule has 0 fully saturated rings. The van der Waals surface area contributed by atoms with Gasteiger partial charge in [-0.15, -0.1) is 6.42 Å². The molecule has 3 aromatic rings. The second-order valence-corrected chi connectivity index (χ2v) is 10.1. The highest BCUT2D eigenvalue weighted by Gasteiger charge is 2.33. The topological polar surface area (TPSA) is 79.1 Å². The highest BCUT2D eigenvalue weighted by Crippen LogP contribution is 2.34. The molecule has 2 heterocycles. The van der Waals surface area contributed by atoms with Gasteiger partial charge in [0.1, 0.15) is 12.4 Å². The number of carbonyl (C=O) groups excluding carboxylic acids is 1. The molecule has 10 heteroatoms. The molecule has 7 nitrogen and oxygen atoms in total. The Kier molecular flexibility index (Phi) is 8.14. The number of allylic oxidation sites excluding steroid dienone is 1. The lowest BCUT2D eigenvalue weighted by Crippen LogP contribution is -2.39. The molecule has 0 saturated heterocycles. The molecule has 0 unspecified atom stereocenters. The van der Waals surface area contributed by atoms with Gasteiger partial charge in [0.2, 0.25) is 0 Å². The fourth-order valence-corrected chi connectivity index (χ4v) is 5.81. The van der Waals surface area contributed by atoms with E-state index in [-0.39, 0.29) is 24.3 Å². The molecule has 1 atom stereocenters. The molecular formula is C27H22FIN2O5S. The van der Waals surface area contributed by atoms with Gasteiger partial charge in [0.25, 0.3) is 5.56 Å². The van der Waals surface area contributed by atoms with Crippen molar-refractivity contribution < 1.29 is 23.4 Å². The van der Waals surface area contributed by atoms with E-state index in [9.17, 15) is 14.0 Å². The van der Waals surface area contributed by atoms with Crippen LogP contribution in [-0.2, 0) is 9.53 Å². The number of halogens is 2. The maximum atomic E-state index is 13.7. The van der Waals surface area contributed by atoms with Crippen LogP contribution in [0.2, 0.25) is 0 Å². The standard InChI is InChI=1S/C27H22FIN2O5S/c1-5-11-36-24-19(29)12-16(13-20(24)34-4)14-21-25(32)31-23(17-7-9-18(28)10-8-17)22(26(33)35-6-2)15(3)30-27(31)37-21/h1,7-10,12-14,23H,6,11H2,2-4H3/b21-14-/t23-/m1/s1. The number of thiazole rings is 1. The SMILES string of the molecule is C#CCOc1c(I)cc(/C=c2\sc3n(c2=O)[C@H](c2ccc(F)cc2)C(C(=O)OCC)=C(C)N=3)cc1OC. The minimum atomic E-state index is -0.813. The Balaban J connectivity index is 1.90. The first-order chi connectivity index (χ1) is 17.8. The van der Waals surface area contributed by atoms with Crippen LogP contribution < -0.4 is 24.4 Å². The Hall–Kier alpha value is -3.43. The van der Waals surface area contributed by atoms with E-state index in [4.69, 9.17) is 20.6 Å². The average molecular weight is 632 g/mol. The zero-order chi connectivity index (χ0) is 26.7. The number of methoxy groups -OCH3 is 1. The quantitative estimate of drug-likeness (QED) is 0.226. The zero-order valence-corrected chi connectivity index (χ0v) is 23.2. The smallest absolute Gasteiger partial charge is 0.338 e. The Morgan fingerprint density at radius 2 is 2.05 bits per heavy atom. The largest absolute Gasteiger partial charge is 0.493 e. The molecule has 37 heavy (non-hydrogen) atoms. The summed E-state index contributed by atoms with van der Waals surface area (Å²) in [4.78, 5) is 31.6. The van der Waals surface area contributed by atoms with Crippen LogP contribution in [-0.4, -0.2) is 30.9 Å². The van der Waals surface area contributed by atoms with Crippen LogP contribution in [0.4, 0.5) is 4.39 Å². The fraction of sp³-hybridized carbons (Fsp3) is 0.222. The molecule has 0 spiro atoms. The number of rotatable bonds is 7. The van der Waals surface area contributed by atoms with Crippen molar-refractivity contribution in [1.29, 1.82) is 0 Å². The molecule has 0 aliphatic carbocycles. The average Bonchev–Trinajstić information content (AvgIpc) is 3.17. The van der Waals surface area contributed by atoms with Crippen molar-refractivity contribution in [2.75, 3.05) is 20.3 Å². The van der Waals surface area contributed by atoms with Crippen molar-refractivity contribution in [1.82, 2.24) is 4.57 Å². The lowest BCUT2D eigenvalue weighted by molar-refractivity contribution is -0.139. The summed E-state index contributed by atoms with van der Waals surface area (Å²) < 4.78 is 32.7. The molecule has 0 amide bonds.